The minimum Gasteiger partial charge on any atom is -0.392 e. The van der Waals surface area contributed by atoms with Gasteiger partial charge in [-0.2, -0.15) is 0 Å². The molecular weight excluding hydrogens is 262 g/mol. The van der Waals surface area contributed by atoms with Crippen LogP contribution in [0.15, 0.2) is 24.3 Å². The number of thioether (sulfide) groups is 1. The summed E-state index contributed by atoms with van der Waals surface area (Å²) in [6, 6.07) is 6.78. The number of ketones is 1. The molecule has 0 aliphatic rings. The van der Waals surface area contributed by atoms with Crippen LogP contribution in [0, 0.1) is 0 Å². The minimum absolute atomic E-state index is 0.000750. The molecule has 2 unspecified atom stereocenters. The maximum absolute atomic E-state index is 11.7. The Hall–Kier alpha value is -1.33. The largest absolute Gasteiger partial charge is 0.392 e. The summed E-state index contributed by atoms with van der Waals surface area (Å²) < 4.78 is 0. The van der Waals surface area contributed by atoms with Gasteiger partial charge in [-0.15, -0.1) is 11.8 Å². The first-order valence-electron chi connectivity index (χ1n) is 6.10. The van der Waals surface area contributed by atoms with Gasteiger partial charge in [0.15, 0.2) is 5.78 Å². The second-order valence-corrected chi connectivity index (χ2v) is 5.80. The van der Waals surface area contributed by atoms with Crippen LogP contribution in [-0.2, 0) is 4.79 Å². The molecule has 0 fully saturated rings. The van der Waals surface area contributed by atoms with E-state index in [-0.39, 0.29) is 16.9 Å². The molecule has 0 saturated heterocycles. The van der Waals surface area contributed by atoms with Crippen LogP contribution in [0.3, 0.4) is 0 Å². The Kier molecular flexibility index (Phi) is 6.05. The summed E-state index contributed by atoms with van der Waals surface area (Å²) in [5, 5.41) is 12.1. The highest BCUT2D eigenvalue weighted by Gasteiger charge is 2.11. The van der Waals surface area contributed by atoms with Crippen LogP contribution in [0.5, 0.6) is 0 Å². The van der Waals surface area contributed by atoms with Crippen molar-refractivity contribution in [3.63, 3.8) is 0 Å². The number of aliphatic hydroxyl groups is 1. The Morgan fingerprint density at radius 3 is 2.32 bits per heavy atom. The lowest BCUT2D eigenvalue weighted by molar-refractivity contribution is -0.113. The minimum atomic E-state index is -0.437. The van der Waals surface area contributed by atoms with Crippen molar-refractivity contribution in [2.24, 2.45) is 0 Å². The Balaban J connectivity index is 2.46. The van der Waals surface area contributed by atoms with Crippen molar-refractivity contribution in [1.82, 2.24) is 0 Å². The summed E-state index contributed by atoms with van der Waals surface area (Å²) in [7, 11) is 0. The van der Waals surface area contributed by atoms with Crippen molar-refractivity contribution in [3.8, 4) is 0 Å². The third kappa shape index (κ3) is 5.44. The maximum Gasteiger partial charge on any atom is 0.234 e. The number of carbonyl (C=O) groups is 2. The van der Waals surface area contributed by atoms with Gasteiger partial charge >= 0.3 is 0 Å². The predicted octanol–water partition coefficient (Wildman–Crippen LogP) is 2.33. The van der Waals surface area contributed by atoms with Gasteiger partial charge in [-0.05, 0) is 38.1 Å². The topological polar surface area (TPSA) is 66.4 Å². The van der Waals surface area contributed by atoms with Gasteiger partial charge in [-0.1, -0.05) is 6.92 Å². The molecule has 0 spiro atoms. The highest BCUT2D eigenvalue weighted by atomic mass is 32.2. The zero-order chi connectivity index (χ0) is 14.4. The maximum atomic E-state index is 11.7. The van der Waals surface area contributed by atoms with E-state index in [0.29, 0.717) is 17.0 Å². The number of hydrogen-bond acceptors (Lipinski definition) is 4. The number of nitrogens with one attached hydrogen (secondary N) is 1. The lowest BCUT2D eigenvalue weighted by Crippen LogP contribution is -2.20. The SMILES string of the molecule is CC(=O)c1ccc(NC(=O)CSC(C)C(C)O)cc1. The zero-order valence-electron chi connectivity index (χ0n) is 11.3. The van der Waals surface area contributed by atoms with Gasteiger partial charge in [-0.25, -0.2) is 0 Å². The van der Waals surface area contributed by atoms with Crippen LogP contribution < -0.4 is 5.32 Å². The fourth-order valence-electron chi connectivity index (χ4n) is 1.33. The van der Waals surface area contributed by atoms with Crippen molar-refractivity contribution < 1.29 is 14.7 Å². The van der Waals surface area contributed by atoms with Gasteiger partial charge in [0.1, 0.15) is 0 Å². The van der Waals surface area contributed by atoms with Crippen LogP contribution in [0.4, 0.5) is 5.69 Å². The first kappa shape index (κ1) is 15.7. The van der Waals surface area contributed by atoms with Gasteiger partial charge in [0, 0.05) is 16.5 Å². The first-order valence-corrected chi connectivity index (χ1v) is 7.15. The molecule has 1 aromatic carbocycles. The third-order valence-corrected chi connectivity index (χ3v) is 4.08. The van der Waals surface area contributed by atoms with E-state index in [0.717, 1.165) is 0 Å². The molecule has 0 heterocycles. The highest BCUT2D eigenvalue weighted by Crippen LogP contribution is 2.15. The molecule has 1 aromatic rings. The fourth-order valence-corrected chi connectivity index (χ4v) is 2.10. The van der Waals surface area contributed by atoms with Crippen LogP contribution in [-0.4, -0.2) is 33.9 Å². The van der Waals surface area contributed by atoms with E-state index < -0.39 is 6.10 Å². The van der Waals surface area contributed by atoms with E-state index in [4.69, 9.17) is 0 Å². The smallest absolute Gasteiger partial charge is 0.234 e. The average Bonchev–Trinajstić information content (AvgIpc) is 2.36. The number of amides is 1. The Morgan fingerprint density at radius 1 is 1.26 bits per heavy atom. The normalized spacial score (nSPS) is 13.7. The first-order chi connectivity index (χ1) is 8.90. The third-order valence-electron chi connectivity index (χ3n) is 2.73. The summed E-state index contributed by atoms with van der Waals surface area (Å²) in [5.74, 6) is 0.174. The molecule has 0 aliphatic carbocycles. The van der Waals surface area contributed by atoms with Crippen molar-refractivity contribution >= 4 is 29.1 Å². The number of rotatable bonds is 6. The number of carbonyl (C=O) groups excluding carboxylic acids is 2. The van der Waals surface area contributed by atoms with Gasteiger partial charge in [0.2, 0.25) is 5.91 Å². The molecule has 104 valence electrons. The Bertz CT molecular complexity index is 443. The molecule has 5 heteroatoms. The fraction of sp³-hybridized carbons (Fsp3) is 0.429. The molecule has 0 saturated carbocycles. The number of benzene rings is 1. The Labute approximate surface area is 117 Å². The summed E-state index contributed by atoms with van der Waals surface area (Å²) >= 11 is 1.40. The van der Waals surface area contributed by atoms with Crippen molar-refractivity contribution in [3.05, 3.63) is 29.8 Å². The van der Waals surface area contributed by atoms with Crippen LogP contribution in [0.25, 0.3) is 0 Å². The zero-order valence-corrected chi connectivity index (χ0v) is 12.2. The second kappa shape index (κ2) is 7.31. The molecule has 0 aromatic heterocycles. The van der Waals surface area contributed by atoms with Gasteiger partial charge in [0.05, 0.1) is 11.9 Å². The standard InChI is InChI=1S/C14H19NO3S/c1-9(16)11(3)19-8-14(18)15-13-6-4-12(5-7-13)10(2)17/h4-7,9,11,16H,8H2,1-3H3,(H,15,18). The van der Waals surface area contributed by atoms with E-state index in [2.05, 4.69) is 5.32 Å². The molecule has 2 N–H and O–H groups in total. The molecule has 4 nitrogen and oxygen atoms in total. The number of anilines is 1. The summed E-state index contributed by atoms with van der Waals surface area (Å²) in [6.45, 7) is 5.09. The van der Waals surface area contributed by atoms with Crippen molar-refractivity contribution in [2.75, 3.05) is 11.1 Å². The molecule has 19 heavy (non-hydrogen) atoms. The summed E-state index contributed by atoms with van der Waals surface area (Å²) in [5.41, 5.74) is 1.29. The molecule has 0 aliphatic heterocycles. The quantitative estimate of drug-likeness (QED) is 0.785. The molecule has 0 bridgehead atoms. The van der Waals surface area contributed by atoms with Gasteiger partial charge in [-0.3, -0.25) is 9.59 Å². The molecule has 1 rings (SSSR count). The van der Waals surface area contributed by atoms with E-state index >= 15 is 0 Å². The lowest BCUT2D eigenvalue weighted by Gasteiger charge is -2.13. The van der Waals surface area contributed by atoms with Crippen LogP contribution in [0.2, 0.25) is 0 Å². The number of hydrogen-bond donors (Lipinski definition) is 2. The molecule has 0 radical (unpaired) electrons. The molecule has 2 atom stereocenters. The van der Waals surface area contributed by atoms with Crippen LogP contribution in [0.1, 0.15) is 31.1 Å². The van der Waals surface area contributed by atoms with E-state index in [1.54, 1.807) is 31.2 Å². The monoisotopic (exact) mass is 281 g/mol. The summed E-state index contributed by atoms with van der Waals surface area (Å²) in [4.78, 5) is 22.8. The summed E-state index contributed by atoms with van der Waals surface area (Å²) in [6.07, 6.45) is -0.437. The lowest BCUT2D eigenvalue weighted by atomic mass is 10.1. The van der Waals surface area contributed by atoms with Gasteiger partial charge < -0.3 is 10.4 Å². The second-order valence-electron chi connectivity index (χ2n) is 4.44. The van der Waals surface area contributed by atoms with E-state index in [1.165, 1.54) is 18.7 Å². The number of aliphatic hydroxyl groups excluding tert-OH is 1. The van der Waals surface area contributed by atoms with Gasteiger partial charge in [0.25, 0.3) is 0 Å². The van der Waals surface area contributed by atoms with E-state index in [9.17, 15) is 14.7 Å². The van der Waals surface area contributed by atoms with Crippen LogP contribution >= 0.6 is 11.8 Å². The van der Waals surface area contributed by atoms with E-state index in [1.807, 2.05) is 6.92 Å². The number of Topliss-reactive ketones (excluding diaryl/α,β-unsaturated/α-hetero) is 1. The average molecular weight is 281 g/mol. The predicted molar refractivity (Wildman–Crippen MR) is 78.7 cm³/mol. The Morgan fingerprint density at radius 2 is 1.84 bits per heavy atom. The highest BCUT2D eigenvalue weighted by molar-refractivity contribution is 8.00. The van der Waals surface area contributed by atoms with Crippen molar-refractivity contribution in [2.45, 2.75) is 32.1 Å². The molecule has 1 amide bonds. The molecular formula is C14H19NO3S. The van der Waals surface area contributed by atoms with Crippen molar-refractivity contribution in [1.29, 1.82) is 0 Å².